The Bertz CT molecular complexity index is 584. The number of hydrogen-bond donors (Lipinski definition) is 1. The van der Waals surface area contributed by atoms with Crippen molar-refractivity contribution in [3.05, 3.63) is 46.9 Å². The van der Waals surface area contributed by atoms with E-state index in [1.807, 2.05) is 6.92 Å². The number of pyridine rings is 2. The maximum Gasteiger partial charge on any atom is 0.337 e. The van der Waals surface area contributed by atoms with Crippen LogP contribution in [0.5, 0.6) is 11.6 Å². The van der Waals surface area contributed by atoms with E-state index in [2.05, 4.69) is 9.97 Å². The van der Waals surface area contributed by atoms with Gasteiger partial charge in [-0.1, -0.05) is 11.6 Å². The predicted octanol–water partition coefficient (Wildman–Crippen LogP) is 2.93. The van der Waals surface area contributed by atoms with Gasteiger partial charge in [-0.2, -0.15) is 0 Å². The first-order valence-electron chi connectivity index (χ1n) is 5.05. The minimum atomic E-state index is -1.13. The highest BCUT2D eigenvalue weighted by atomic mass is 35.5. The molecule has 0 aliphatic carbocycles. The maximum absolute atomic E-state index is 10.9. The van der Waals surface area contributed by atoms with E-state index >= 15 is 0 Å². The number of carboxylic acids is 1. The van der Waals surface area contributed by atoms with Gasteiger partial charge in [0.2, 0.25) is 5.88 Å². The Labute approximate surface area is 108 Å². The average Bonchev–Trinajstić information content (AvgIpc) is 2.34. The van der Waals surface area contributed by atoms with Crippen LogP contribution in [0.4, 0.5) is 0 Å². The van der Waals surface area contributed by atoms with Gasteiger partial charge in [-0.3, -0.25) is 4.98 Å². The van der Waals surface area contributed by atoms with Gasteiger partial charge in [-0.25, -0.2) is 9.78 Å². The van der Waals surface area contributed by atoms with Crippen molar-refractivity contribution < 1.29 is 14.6 Å². The molecule has 5 nitrogen and oxygen atoms in total. The van der Waals surface area contributed by atoms with Crippen LogP contribution in [0.15, 0.2) is 30.6 Å². The number of carboxylic acid groups (broad SMARTS) is 1. The lowest BCUT2D eigenvalue weighted by Crippen LogP contribution is -1.99. The fraction of sp³-hybridized carbons (Fsp3) is 0.0833. The lowest BCUT2D eigenvalue weighted by atomic mass is 10.3. The summed E-state index contributed by atoms with van der Waals surface area (Å²) in [7, 11) is 0. The van der Waals surface area contributed by atoms with Gasteiger partial charge < -0.3 is 9.84 Å². The highest BCUT2D eigenvalue weighted by Crippen LogP contribution is 2.23. The minimum absolute atomic E-state index is 0.0539. The summed E-state index contributed by atoms with van der Waals surface area (Å²) in [5.41, 5.74) is 0.805. The molecule has 2 rings (SSSR count). The van der Waals surface area contributed by atoms with Crippen LogP contribution < -0.4 is 4.74 Å². The van der Waals surface area contributed by atoms with Gasteiger partial charge >= 0.3 is 5.97 Å². The second-order valence-electron chi connectivity index (χ2n) is 3.54. The van der Waals surface area contributed by atoms with Crippen LogP contribution >= 0.6 is 11.6 Å². The largest absolute Gasteiger partial charge is 0.478 e. The van der Waals surface area contributed by atoms with Crippen molar-refractivity contribution in [3.63, 3.8) is 0 Å². The van der Waals surface area contributed by atoms with Gasteiger partial charge in [-0.15, -0.1) is 0 Å². The summed E-state index contributed by atoms with van der Waals surface area (Å²) in [5, 5.41) is 8.98. The van der Waals surface area contributed by atoms with Crippen molar-refractivity contribution in [1.29, 1.82) is 0 Å². The second kappa shape index (κ2) is 5.01. The highest BCUT2D eigenvalue weighted by molar-refractivity contribution is 6.33. The Morgan fingerprint density at radius 1 is 1.33 bits per heavy atom. The molecule has 0 aliphatic rings. The Balaban J connectivity index is 2.27. The van der Waals surface area contributed by atoms with Crippen molar-refractivity contribution in [1.82, 2.24) is 9.97 Å². The maximum atomic E-state index is 10.9. The first-order valence-corrected chi connectivity index (χ1v) is 5.43. The summed E-state index contributed by atoms with van der Waals surface area (Å²) in [6.07, 6.45) is 2.77. The quantitative estimate of drug-likeness (QED) is 0.923. The summed E-state index contributed by atoms with van der Waals surface area (Å²) >= 11 is 5.70. The van der Waals surface area contributed by atoms with E-state index in [1.54, 1.807) is 12.1 Å². The summed E-state index contributed by atoms with van der Waals surface area (Å²) in [5.74, 6) is -0.497. The van der Waals surface area contributed by atoms with Crippen molar-refractivity contribution in [2.75, 3.05) is 0 Å². The molecule has 0 saturated carbocycles. The average molecular weight is 265 g/mol. The number of nitrogens with zero attached hydrogens (tertiary/aromatic N) is 2. The molecule has 0 aromatic carbocycles. The van der Waals surface area contributed by atoms with E-state index in [1.165, 1.54) is 18.5 Å². The standard InChI is InChI=1S/C12H9ClN2O3/c1-7-2-3-8(5-14-7)18-11-4-9(12(16)17)10(13)6-15-11/h2-6H,1H3,(H,16,17). The lowest BCUT2D eigenvalue weighted by Gasteiger charge is -2.06. The molecule has 0 unspecified atom stereocenters. The van der Waals surface area contributed by atoms with Gasteiger partial charge in [0, 0.05) is 11.8 Å². The molecule has 2 aromatic heterocycles. The van der Waals surface area contributed by atoms with E-state index in [0.717, 1.165) is 5.69 Å². The van der Waals surface area contributed by atoms with Gasteiger partial charge in [-0.05, 0) is 19.1 Å². The summed E-state index contributed by atoms with van der Waals surface area (Å²) in [6.45, 7) is 1.85. The van der Waals surface area contributed by atoms with Crippen molar-refractivity contribution in [2.24, 2.45) is 0 Å². The molecule has 2 heterocycles. The van der Waals surface area contributed by atoms with Crippen molar-refractivity contribution in [3.8, 4) is 11.6 Å². The molecule has 92 valence electrons. The van der Waals surface area contributed by atoms with Crippen LogP contribution in [-0.2, 0) is 0 Å². The summed E-state index contributed by atoms with van der Waals surface area (Å²) in [6, 6.07) is 4.77. The smallest absolute Gasteiger partial charge is 0.337 e. The van der Waals surface area contributed by atoms with Gasteiger partial charge in [0.25, 0.3) is 0 Å². The third-order valence-electron chi connectivity index (χ3n) is 2.17. The first-order chi connectivity index (χ1) is 8.56. The second-order valence-corrected chi connectivity index (χ2v) is 3.95. The first kappa shape index (κ1) is 12.3. The SMILES string of the molecule is Cc1ccc(Oc2cc(C(=O)O)c(Cl)cn2)cn1. The van der Waals surface area contributed by atoms with Crippen LogP contribution in [-0.4, -0.2) is 21.0 Å². The number of aryl methyl sites for hydroxylation is 1. The molecule has 0 aliphatic heterocycles. The molecule has 0 bridgehead atoms. The zero-order chi connectivity index (χ0) is 13.1. The van der Waals surface area contributed by atoms with E-state index in [0.29, 0.717) is 5.75 Å². The minimum Gasteiger partial charge on any atom is -0.478 e. The molecule has 0 radical (unpaired) electrons. The van der Waals surface area contributed by atoms with E-state index in [9.17, 15) is 4.79 Å². The zero-order valence-electron chi connectivity index (χ0n) is 9.42. The van der Waals surface area contributed by atoms with Gasteiger partial charge in [0.15, 0.2) is 0 Å². The number of hydrogen-bond acceptors (Lipinski definition) is 4. The fourth-order valence-corrected chi connectivity index (χ4v) is 1.46. The van der Waals surface area contributed by atoms with E-state index < -0.39 is 5.97 Å². The molecule has 1 N–H and O–H groups in total. The van der Waals surface area contributed by atoms with Crippen LogP contribution in [0.1, 0.15) is 16.1 Å². The van der Waals surface area contributed by atoms with Gasteiger partial charge in [0.1, 0.15) is 5.75 Å². The Morgan fingerprint density at radius 3 is 2.72 bits per heavy atom. The van der Waals surface area contributed by atoms with E-state index in [-0.39, 0.29) is 16.5 Å². The van der Waals surface area contributed by atoms with Crippen molar-refractivity contribution in [2.45, 2.75) is 6.92 Å². The third kappa shape index (κ3) is 2.75. The molecule has 0 spiro atoms. The van der Waals surface area contributed by atoms with Crippen LogP contribution in [0.25, 0.3) is 0 Å². The van der Waals surface area contributed by atoms with Crippen LogP contribution in [0.2, 0.25) is 5.02 Å². The van der Waals surface area contributed by atoms with E-state index in [4.69, 9.17) is 21.4 Å². The normalized spacial score (nSPS) is 10.1. The molecule has 0 atom stereocenters. The van der Waals surface area contributed by atoms with Crippen molar-refractivity contribution >= 4 is 17.6 Å². The number of aromatic nitrogens is 2. The Morgan fingerprint density at radius 2 is 2.11 bits per heavy atom. The summed E-state index contributed by atoms with van der Waals surface area (Å²) < 4.78 is 5.38. The predicted molar refractivity (Wildman–Crippen MR) is 65.3 cm³/mol. The lowest BCUT2D eigenvalue weighted by molar-refractivity contribution is 0.0696. The zero-order valence-corrected chi connectivity index (χ0v) is 10.2. The molecule has 0 amide bonds. The number of aromatic carboxylic acids is 1. The topological polar surface area (TPSA) is 72.3 Å². The van der Waals surface area contributed by atoms with Crippen LogP contribution in [0.3, 0.4) is 0 Å². The Kier molecular flexibility index (Phi) is 3.43. The molecule has 6 heteroatoms. The number of rotatable bonds is 3. The molecular formula is C12H9ClN2O3. The molecule has 0 saturated heterocycles. The molecule has 0 fully saturated rings. The number of ether oxygens (including phenoxy) is 1. The number of carbonyl (C=O) groups is 1. The highest BCUT2D eigenvalue weighted by Gasteiger charge is 2.11. The fourth-order valence-electron chi connectivity index (χ4n) is 1.27. The third-order valence-corrected chi connectivity index (χ3v) is 2.47. The number of halogens is 1. The summed E-state index contributed by atoms with van der Waals surface area (Å²) in [4.78, 5) is 18.8. The molecule has 18 heavy (non-hydrogen) atoms. The molecular weight excluding hydrogens is 256 g/mol. The Hall–Kier alpha value is -2.14. The molecule has 2 aromatic rings. The monoisotopic (exact) mass is 264 g/mol. The van der Waals surface area contributed by atoms with Gasteiger partial charge in [0.05, 0.1) is 23.0 Å². The van der Waals surface area contributed by atoms with Crippen LogP contribution in [0, 0.1) is 6.92 Å².